The van der Waals surface area contributed by atoms with E-state index in [9.17, 15) is 14.4 Å². The Labute approximate surface area is 254 Å². The third-order valence-corrected chi connectivity index (χ3v) is 6.90. The average Bonchev–Trinajstić information content (AvgIpc) is 2.93. The van der Waals surface area contributed by atoms with E-state index < -0.39 is 11.8 Å². The Morgan fingerprint density at radius 2 is 1.70 bits per heavy atom. The van der Waals surface area contributed by atoms with Crippen molar-refractivity contribution >= 4 is 73.8 Å². The number of hydrazone groups is 1. The SMILES string of the molecule is CCCOc1ccc(NC(=O)C(=O)N/N=C\c2cc(I)c(OCC(=O)Nc3ccc(Br)c(C)c3)c(OC)c2)cc1. The maximum atomic E-state index is 12.4. The van der Waals surface area contributed by atoms with E-state index in [0.717, 1.165) is 16.5 Å². The van der Waals surface area contributed by atoms with Crippen molar-refractivity contribution in [3.8, 4) is 17.2 Å². The van der Waals surface area contributed by atoms with Gasteiger partial charge in [-0.05, 0) is 102 Å². The van der Waals surface area contributed by atoms with E-state index >= 15 is 0 Å². The number of nitrogens with one attached hydrogen (secondary N) is 3. The Morgan fingerprint density at radius 3 is 2.38 bits per heavy atom. The van der Waals surface area contributed by atoms with Gasteiger partial charge in [0, 0.05) is 15.8 Å². The molecule has 0 unspecified atom stereocenters. The maximum absolute atomic E-state index is 12.4. The van der Waals surface area contributed by atoms with Crippen molar-refractivity contribution in [1.82, 2.24) is 5.43 Å². The van der Waals surface area contributed by atoms with Crippen molar-refractivity contribution in [2.24, 2.45) is 5.10 Å². The minimum atomic E-state index is -0.934. The molecule has 3 amide bonds. The summed E-state index contributed by atoms with van der Waals surface area (Å²) in [6.45, 7) is 4.30. The highest BCUT2D eigenvalue weighted by molar-refractivity contribution is 14.1. The van der Waals surface area contributed by atoms with E-state index in [4.69, 9.17) is 14.2 Å². The number of methoxy groups -OCH3 is 1. The lowest BCUT2D eigenvalue weighted by Gasteiger charge is -2.14. The van der Waals surface area contributed by atoms with Gasteiger partial charge in [0.25, 0.3) is 5.91 Å². The molecule has 0 aliphatic heterocycles. The maximum Gasteiger partial charge on any atom is 0.329 e. The van der Waals surface area contributed by atoms with Gasteiger partial charge in [0.05, 0.1) is 23.5 Å². The number of rotatable bonds is 11. The Morgan fingerprint density at radius 1 is 0.975 bits per heavy atom. The van der Waals surface area contributed by atoms with Gasteiger partial charge in [-0.1, -0.05) is 22.9 Å². The van der Waals surface area contributed by atoms with E-state index in [1.165, 1.54) is 13.3 Å². The number of carbonyl (C=O) groups excluding carboxylic acids is 3. The van der Waals surface area contributed by atoms with Crippen LogP contribution in [0.15, 0.2) is 64.2 Å². The zero-order valence-electron chi connectivity index (χ0n) is 22.0. The Hall–Kier alpha value is -3.65. The molecule has 40 heavy (non-hydrogen) atoms. The number of aryl methyl sites for hydroxylation is 1. The molecule has 12 heteroatoms. The molecule has 3 N–H and O–H groups in total. The molecule has 0 fully saturated rings. The van der Waals surface area contributed by atoms with Crippen molar-refractivity contribution < 1.29 is 28.6 Å². The number of ether oxygens (including phenoxy) is 3. The summed E-state index contributed by atoms with van der Waals surface area (Å²) in [4.78, 5) is 36.7. The molecule has 0 heterocycles. The normalized spacial score (nSPS) is 10.6. The Balaban J connectivity index is 1.54. The monoisotopic (exact) mass is 722 g/mol. The highest BCUT2D eigenvalue weighted by Crippen LogP contribution is 2.33. The number of nitrogens with zero attached hydrogens (tertiary/aromatic N) is 1. The van der Waals surface area contributed by atoms with E-state index in [1.807, 2.05) is 48.6 Å². The molecule has 3 aromatic rings. The lowest BCUT2D eigenvalue weighted by atomic mass is 10.2. The summed E-state index contributed by atoms with van der Waals surface area (Å²) in [7, 11) is 1.47. The molecule has 0 saturated carbocycles. The van der Waals surface area contributed by atoms with Crippen LogP contribution >= 0.6 is 38.5 Å². The molecular formula is C28H28BrIN4O6. The van der Waals surface area contributed by atoms with Crippen LogP contribution in [0.5, 0.6) is 17.2 Å². The van der Waals surface area contributed by atoms with Gasteiger partial charge >= 0.3 is 11.8 Å². The van der Waals surface area contributed by atoms with Gasteiger partial charge in [0.2, 0.25) is 0 Å². The lowest BCUT2D eigenvalue weighted by molar-refractivity contribution is -0.136. The van der Waals surface area contributed by atoms with E-state index in [0.29, 0.717) is 44.4 Å². The first-order valence-corrected chi connectivity index (χ1v) is 14.0. The predicted molar refractivity (Wildman–Crippen MR) is 165 cm³/mol. The summed E-state index contributed by atoms with van der Waals surface area (Å²) >= 11 is 5.48. The van der Waals surface area contributed by atoms with Crippen LogP contribution in [-0.2, 0) is 14.4 Å². The fraction of sp³-hybridized carbons (Fsp3) is 0.214. The molecule has 10 nitrogen and oxygen atoms in total. The fourth-order valence-corrected chi connectivity index (χ4v) is 4.30. The molecule has 0 radical (unpaired) electrons. The number of benzene rings is 3. The van der Waals surface area contributed by atoms with Crippen molar-refractivity contribution in [1.29, 1.82) is 0 Å². The molecule has 210 valence electrons. The van der Waals surface area contributed by atoms with Gasteiger partial charge in [-0.25, -0.2) is 5.43 Å². The molecule has 0 aliphatic carbocycles. The summed E-state index contributed by atoms with van der Waals surface area (Å²) in [5.74, 6) is -0.697. The Bertz CT molecular complexity index is 1400. The molecule has 0 bridgehead atoms. The van der Waals surface area contributed by atoms with E-state index in [2.05, 4.69) is 37.1 Å². The highest BCUT2D eigenvalue weighted by atomic mass is 127. The van der Waals surface area contributed by atoms with Crippen LogP contribution in [0.4, 0.5) is 11.4 Å². The third-order valence-electron chi connectivity index (χ3n) is 5.21. The molecule has 0 saturated heterocycles. The van der Waals surface area contributed by atoms with Crippen LogP contribution < -0.4 is 30.3 Å². The second-order valence-corrected chi connectivity index (χ2v) is 10.4. The number of anilines is 2. The lowest BCUT2D eigenvalue weighted by Crippen LogP contribution is -2.32. The van der Waals surface area contributed by atoms with Gasteiger partial charge < -0.3 is 24.8 Å². The minimum absolute atomic E-state index is 0.228. The number of carbonyl (C=O) groups is 3. The smallest absolute Gasteiger partial charge is 0.329 e. The van der Waals surface area contributed by atoms with Gasteiger partial charge in [-0.3, -0.25) is 14.4 Å². The predicted octanol–water partition coefficient (Wildman–Crippen LogP) is 5.27. The quantitative estimate of drug-likeness (QED) is 0.107. The van der Waals surface area contributed by atoms with Gasteiger partial charge in [-0.15, -0.1) is 0 Å². The van der Waals surface area contributed by atoms with Gasteiger partial charge in [0.15, 0.2) is 18.1 Å². The van der Waals surface area contributed by atoms with Crippen molar-refractivity contribution in [3.05, 3.63) is 73.8 Å². The second-order valence-electron chi connectivity index (χ2n) is 8.36. The standard InChI is InChI=1S/C28H28BrIN4O6/c1-4-11-39-21-8-5-19(6-9-21)33-27(36)28(37)34-31-15-18-13-23(30)26(24(14-18)38-3)40-16-25(35)32-20-7-10-22(29)17(2)12-20/h5-10,12-15H,4,11,16H2,1-3H3,(H,32,35)(H,33,36)(H,34,37)/b31-15-. The first-order valence-electron chi connectivity index (χ1n) is 12.1. The summed E-state index contributed by atoms with van der Waals surface area (Å²) in [5, 5.41) is 9.15. The Kier molecular flexibility index (Phi) is 11.8. The van der Waals surface area contributed by atoms with Crippen LogP contribution in [0, 0.1) is 10.5 Å². The van der Waals surface area contributed by atoms with Crippen LogP contribution in [0.2, 0.25) is 0 Å². The minimum Gasteiger partial charge on any atom is -0.494 e. The summed E-state index contributed by atoms with van der Waals surface area (Å²) in [6.07, 6.45) is 2.25. The van der Waals surface area contributed by atoms with E-state index in [-0.39, 0.29) is 12.5 Å². The summed E-state index contributed by atoms with van der Waals surface area (Å²) in [6, 6.07) is 15.6. The fourth-order valence-electron chi connectivity index (χ4n) is 3.27. The molecule has 0 spiro atoms. The number of hydrogen-bond acceptors (Lipinski definition) is 7. The highest BCUT2D eigenvalue weighted by Gasteiger charge is 2.15. The molecule has 0 aliphatic rings. The zero-order valence-corrected chi connectivity index (χ0v) is 25.8. The third kappa shape index (κ3) is 9.23. The number of amides is 3. The van der Waals surface area contributed by atoms with Gasteiger partial charge in [0.1, 0.15) is 5.75 Å². The molecule has 3 aromatic carbocycles. The van der Waals surface area contributed by atoms with Gasteiger partial charge in [-0.2, -0.15) is 5.10 Å². The molecule has 3 rings (SSSR count). The molecule has 0 aromatic heterocycles. The van der Waals surface area contributed by atoms with Crippen molar-refractivity contribution in [2.45, 2.75) is 20.3 Å². The van der Waals surface area contributed by atoms with Crippen LogP contribution in [0.1, 0.15) is 24.5 Å². The largest absolute Gasteiger partial charge is 0.494 e. The van der Waals surface area contributed by atoms with Crippen LogP contribution in [0.3, 0.4) is 0 Å². The summed E-state index contributed by atoms with van der Waals surface area (Å²) < 4.78 is 18.2. The number of hydrogen-bond donors (Lipinski definition) is 3. The topological polar surface area (TPSA) is 127 Å². The van der Waals surface area contributed by atoms with Crippen LogP contribution in [-0.4, -0.2) is 44.3 Å². The summed E-state index contributed by atoms with van der Waals surface area (Å²) in [5.41, 5.74) is 4.87. The zero-order chi connectivity index (χ0) is 29.1. The van der Waals surface area contributed by atoms with Crippen molar-refractivity contribution in [2.75, 3.05) is 31.0 Å². The molecule has 0 atom stereocenters. The average molecular weight is 723 g/mol. The van der Waals surface area contributed by atoms with Crippen molar-refractivity contribution in [3.63, 3.8) is 0 Å². The first-order chi connectivity index (χ1) is 19.2. The van der Waals surface area contributed by atoms with E-state index in [1.54, 1.807) is 42.5 Å². The molecular weight excluding hydrogens is 695 g/mol. The first kappa shape index (κ1) is 30.9. The second kappa shape index (κ2) is 15.2. The number of halogens is 2. The van der Waals surface area contributed by atoms with Crippen LogP contribution in [0.25, 0.3) is 0 Å².